The molecule has 0 saturated heterocycles. The van der Waals surface area contributed by atoms with Crippen LogP contribution in [-0.2, 0) is 0 Å². The Morgan fingerprint density at radius 3 is 2.40 bits per heavy atom. The van der Waals surface area contributed by atoms with Gasteiger partial charge in [0.25, 0.3) is 5.91 Å². The van der Waals surface area contributed by atoms with E-state index in [1.165, 1.54) is 25.7 Å². The second-order valence-corrected chi connectivity index (χ2v) is 7.58. The summed E-state index contributed by atoms with van der Waals surface area (Å²) in [5.41, 5.74) is 0.584. The molecule has 4 nitrogen and oxygen atoms in total. The van der Waals surface area contributed by atoms with E-state index in [2.05, 4.69) is 24.5 Å². The molecule has 1 amide bonds. The van der Waals surface area contributed by atoms with Gasteiger partial charge in [-0.15, -0.1) is 0 Å². The van der Waals surface area contributed by atoms with E-state index >= 15 is 0 Å². The molecule has 1 aliphatic carbocycles. The zero-order valence-corrected chi connectivity index (χ0v) is 16.2. The number of hydrogen-bond acceptors (Lipinski definition) is 3. The molecule has 25 heavy (non-hydrogen) atoms. The smallest absolute Gasteiger partial charge is 0.257 e. The van der Waals surface area contributed by atoms with Crippen molar-refractivity contribution in [1.82, 2.24) is 10.6 Å². The van der Waals surface area contributed by atoms with Gasteiger partial charge in [0, 0.05) is 11.6 Å². The van der Waals surface area contributed by atoms with E-state index in [1.54, 1.807) is 12.1 Å². The lowest BCUT2D eigenvalue weighted by atomic mass is 10.1. The van der Waals surface area contributed by atoms with Gasteiger partial charge in [-0.1, -0.05) is 39.5 Å². The van der Waals surface area contributed by atoms with E-state index in [9.17, 15) is 4.79 Å². The van der Waals surface area contributed by atoms with Crippen molar-refractivity contribution in [2.24, 2.45) is 5.92 Å². The van der Waals surface area contributed by atoms with E-state index in [-0.39, 0.29) is 5.91 Å². The molecule has 0 bridgehead atoms. The van der Waals surface area contributed by atoms with Gasteiger partial charge in [0.2, 0.25) is 0 Å². The first-order valence-corrected chi connectivity index (χ1v) is 9.80. The van der Waals surface area contributed by atoms with Gasteiger partial charge >= 0.3 is 0 Å². The molecule has 2 rings (SSSR count). The number of ether oxygens (including phenoxy) is 1. The minimum absolute atomic E-state index is 0.181. The summed E-state index contributed by atoms with van der Waals surface area (Å²) >= 11 is 5.29. The van der Waals surface area contributed by atoms with Crippen LogP contribution in [0.5, 0.6) is 5.75 Å². The second-order valence-electron chi connectivity index (χ2n) is 7.17. The van der Waals surface area contributed by atoms with Crippen molar-refractivity contribution >= 4 is 23.2 Å². The summed E-state index contributed by atoms with van der Waals surface area (Å²) < 4.78 is 5.68. The first-order chi connectivity index (χ1) is 12.0. The van der Waals surface area contributed by atoms with Crippen molar-refractivity contribution < 1.29 is 9.53 Å². The van der Waals surface area contributed by atoms with Crippen molar-refractivity contribution in [3.8, 4) is 5.75 Å². The Morgan fingerprint density at radius 2 is 1.80 bits per heavy atom. The number of amides is 1. The molecule has 1 aliphatic rings. The predicted octanol–water partition coefficient (Wildman–Crippen LogP) is 4.44. The highest BCUT2D eigenvalue weighted by Crippen LogP contribution is 2.17. The van der Waals surface area contributed by atoms with Crippen LogP contribution in [0.3, 0.4) is 0 Å². The summed E-state index contributed by atoms with van der Waals surface area (Å²) in [5, 5.41) is 6.49. The number of carbonyl (C=O) groups excluding carboxylic acids is 1. The fourth-order valence-corrected chi connectivity index (χ4v) is 3.19. The maximum Gasteiger partial charge on any atom is 0.257 e. The Kier molecular flexibility index (Phi) is 8.19. The number of rotatable bonds is 6. The lowest BCUT2D eigenvalue weighted by molar-refractivity contribution is 0.0976. The molecule has 1 aromatic rings. The Labute approximate surface area is 156 Å². The Hall–Kier alpha value is -1.62. The molecule has 0 radical (unpaired) electrons. The van der Waals surface area contributed by atoms with Gasteiger partial charge in [-0.25, -0.2) is 0 Å². The highest BCUT2D eigenvalue weighted by atomic mass is 32.1. The molecule has 0 aromatic heterocycles. The molecule has 0 unspecified atom stereocenters. The van der Waals surface area contributed by atoms with Crippen LogP contribution in [0.4, 0.5) is 0 Å². The van der Waals surface area contributed by atoms with Crippen molar-refractivity contribution in [2.45, 2.75) is 64.8 Å². The number of carbonyl (C=O) groups is 1. The minimum Gasteiger partial charge on any atom is -0.494 e. The molecule has 0 heterocycles. The van der Waals surface area contributed by atoms with Gasteiger partial charge in [-0.05, 0) is 61.7 Å². The average molecular weight is 363 g/mol. The number of nitrogens with one attached hydrogen (secondary N) is 2. The molecule has 1 saturated carbocycles. The van der Waals surface area contributed by atoms with Gasteiger partial charge in [-0.3, -0.25) is 10.1 Å². The molecule has 0 atom stereocenters. The monoisotopic (exact) mass is 362 g/mol. The summed E-state index contributed by atoms with van der Waals surface area (Å²) in [6, 6.07) is 7.59. The third-order valence-electron chi connectivity index (χ3n) is 4.50. The zero-order chi connectivity index (χ0) is 18.1. The van der Waals surface area contributed by atoms with Gasteiger partial charge < -0.3 is 10.1 Å². The van der Waals surface area contributed by atoms with E-state index in [1.807, 2.05) is 12.1 Å². The van der Waals surface area contributed by atoms with E-state index in [0.717, 1.165) is 25.0 Å². The van der Waals surface area contributed by atoms with Crippen LogP contribution in [0.2, 0.25) is 0 Å². The summed E-state index contributed by atoms with van der Waals surface area (Å²) in [6.07, 6.45) is 8.31. The van der Waals surface area contributed by atoms with Crippen molar-refractivity contribution in [2.75, 3.05) is 6.61 Å². The first kappa shape index (κ1) is 19.7. The van der Waals surface area contributed by atoms with Gasteiger partial charge in [0.05, 0.1) is 6.61 Å². The molecule has 1 aromatic carbocycles. The van der Waals surface area contributed by atoms with Crippen LogP contribution in [0, 0.1) is 5.92 Å². The maximum absolute atomic E-state index is 12.3. The lowest BCUT2D eigenvalue weighted by Crippen LogP contribution is -2.44. The van der Waals surface area contributed by atoms with E-state index < -0.39 is 0 Å². The number of thiocarbonyl (C=S) groups is 1. The Morgan fingerprint density at radius 1 is 1.16 bits per heavy atom. The molecular weight excluding hydrogens is 332 g/mol. The molecule has 138 valence electrons. The van der Waals surface area contributed by atoms with Crippen molar-refractivity contribution in [3.63, 3.8) is 0 Å². The average Bonchev–Trinajstić information content (AvgIpc) is 2.83. The van der Waals surface area contributed by atoms with Crippen molar-refractivity contribution in [3.05, 3.63) is 29.8 Å². The van der Waals surface area contributed by atoms with Gasteiger partial charge in [-0.2, -0.15) is 0 Å². The molecule has 0 spiro atoms. The normalized spacial score (nSPS) is 15.5. The SMILES string of the molecule is CC(C)CCOc1ccc(C(=O)NC(=S)NC2CCCCCC2)cc1. The molecule has 1 fully saturated rings. The fraction of sp³-hybridized carbons (Fsp3) is 0.600. The second kappa shape index (κ2) is 10.4. The standard InChI is InChI=1S/C20H30N2O2S/c1-15(2)13-14-24-18-11-9-16(10-12-18)19(23)22-20(25)21-17-7-5-3-4-6-8-17/h9-12,15,17H,3-8,13-14H2,1-2H3,(H2,21,22,23,25). The Balaban J connectivity index is 1.78. The largest absolute Gasteiger partial charge is 0.494 e. The van der Waals surface area contributed by atoms with Crippen LogP contribution in [0.15, 0.2) is 24.3 Å². The van der Waals surface area contributed by atoms with Gasteiger partial charge in [0.1, 0.15) is 5.75 Å². The number of hydrogen-bond donors (Lipinski definition) is 2. The number of benzene rings is 1. The van der Waals surface area contributed by atoms with Crippen molar-refractivity contribution in [1.29, 1.82) is 0 Å². The lowest BCUT2D eigenvalue weighted by Gasteiger charge is -2.18. The zero-order valence-electron chi connectivity index (χ0n) is 15.3. The van der Waals surface area contributed by atoms with Gasteiger partial charge in [0.15, 0.2) is 5.11 Å². The molecule has 2 N–H and O–H groups in total. The minimum atomic E-state index is -0.181. The summed E-state index contributed by atoms with van der Waals surface area (Å²) in [6.45, 7) is 5.03. The molecule has 5 heteroatoms. The summed E-state index contributed by atoms with van der Waals surface area (Å²) in [7, 11) is 0. The van der Waals surface area contributed by atoms with Crippen LogP contribution in [-0.4, -0.2) is 23.7 Å². The van der Waals surface area contributed by atoms with Crippen LogP contribution < -0.4 is 15.4 Å². The topological polar surface area (TPSA) is 50.4 Å². The van der Waals surface area contributed by atoms with Crippen LogP contribution >= 0.6 is 12.2 Å². The fourth-order valence-electron chi connectivity index (χ4n) is 2.94. The molecule has 0 aliphatic heterocycles. The van der Waals surface area contributed by atoms with E-state index in [0.29, 0.717) is 29.2 Å². The third kappa shape index (κ3) is 7.43. The predicted molar refractivity (Wildman–Crippen MR) is 106 cm³/mol. The summed E-state index contributed by atoms with van der Waals surface area (Å²) in [5.74, 6) is 1.23. The molecular formula is C20H30N2O2S. The third-order valence-corrected chi connectivity index (χ3v) is 4.72. The quantitative estimate of drug-likeness (QED) is 0.580. The highest BCUT2D eigenvalue weighted by Gasteiger charge is 2.14. The Bertz CT molecular complexity index is 549. The van der Waals surface area contributed by atoms with Crippen LogP contribution in [0.25, 0.3) is 0 Å². The maximum atomic E-state index is 12.3. The highest BCUT2D eigenvalue weighted by molar-refractivity contribution is 7.80. The summed E-state index contributed by atoms with van der Waals surface area (Å²) in [4.78, 5) is 12.3. The van der Waals surface area contributed by atoms with E-state index in [4.69, 9.17) is 17.0 Å². The van der Waals surface area contributed by atoms with Crippen LogP contribution in [0.1, 0.15) is 69.2 Å². The first-order valence-electron chi connectivity index (χ1n) is 9.39.